The molecule has 0 aliphatic rings. The summed E-state index contributed by atoms with van der Waals surface area (Å²) in [5.74, 6) is -1.21. The fourth-order valence-corrected chi connectivity index (χ4v) is 1.78. The standard InChI is InChI=1S/C13H16F4/c1-4-12(3,5-2)9-6-7-11(14)10(8-9)13(15,16)17/h6-8H,4-5H2,1-3H3. The Hall–Kier alpha value is -1.06. The maximum atomic E-state index is 13.1. The minimum atomic E-state index is -4.64. The predicted molar refractivity (Wildman–Crippen MR) is 59.3 cm³/mol. The van der Waals surface area contributed by atoms with E-state index in [-0.39, 0.29) is 5.41 Å². The van der Waals surface area contributed by atoms with Gasteiger partial charge in [-0.25, -0.2) is 4.39 Å². The lowest BCUT2D eigenvalue weighted by atomic mass is 9.77. The third kappa shape index (κ3) is 2.79. The van der Waals surface area contributed by atoms with Crippen LogP contribution in [0.15, 0.2) is 18.2 Å². The molecule has 0 nitrogen and oxygen atoms in total. The molecule has 17 heavy (non-hydrogen) atoms. The molecule has 0 atom stereocenters. The molecule has 96 valence electrons. The van der Waals surface area contributed by atoms with E-state index in [1.54, 1.807) is 0 Å². The van der Waals surface area contributed by atoms with Crippen molar-refractivity contribution >= 4 is 0 Å². The quantitative estimate of drug-likeness (QED) is 0.666. The molecular weight excluding hydrogens is 232 g/mol. The monoisotopic (exact) mass is 248 g/mol. The van der Waals surface area contributed by atoms with Crippen molar-refractivity contribution in [2.45, 2.75) is 45.2 Å². The molecule has 1 aromatic rings. The number of rotatable bonds is 3. The molecule has 0 amide bonds. The van der Waals surface area contributed by atoms with E-state index in [0.717, 1.165) is 12.1 Å². The fourth-order valence-electron chi connectivity index (χ4n) is 1.78. The highest BCUT2D eigenvalue weighted by Crippen LogP contribution is 2.37. The highest BCUT2D eigenvalue weighted by Gasteiger charge is 2.35. The van der Waals surface area contributed by atoms with E-state index < -0.39 is 17.6 Å². The minimum Gasteiger partial charge on any atom is -0.206 e. The average molecular weight is 248 g/mol. The Morgan fingerprint density at radius 1 is 1.06 bits per heavy atom. The lowest BCUT2D eigenvalue weighted by Gasteiger charge is -2.28. The first-order valence-corrected chi connectivity index (χ1v) is 5.62. The molecule has 0 aliphatic carbocycles. The van der Waals surface area contributed by atoms with Crippen LogP contribution in [0.1, 0.15) is 44.7 Å². The van der Waals surface area contributed by atoms with Gasteiger partial charge in [-0.3, -0.25) is 0 Å². The van der Waals surface area contributed by atoms with E-state index in [9.17, 15) is 17.6 Å². The molecule has 0 fully saturated rings. The predicted octanol–water partition coefficient (Wildman–Crippen LogP) is 4.92. The first-order valence-electron chi connectivity index (χ1n) is 5.62. The van der Waals surface area contributed by atoms with Crippen LogP contribution in [0.5, 0.6) is 0 Å². The van der Waals surface area contributed by atoms with Crippen LogP contribution in [0.2, 0.25) is 0 Å². The van der Waals surface area contributed by atoms with Gasteiger partial charge in [0, 0.05) is 0 Å². The Balaban J connectivity index is 3.31. The number of alkyl halides is 3. The van der Waals surface area contributed by atoms with Gasteiger partial charge >= 0.3 is 6.18 Å². The molecule has 0 radical (unpaired) electrons. The van der Waals surface area contributed by atoms with Gasteiger partial charge in [-0.05, 0) is 36.0 Å². The number of benzene rings is 1. The summed E-state index contributed by atoms with van der Waals surface area (Å²) >= 11 is 0. The molecule has 0 heterocycles. The molecule has 1 aromatic carbocycles. The van der Waals surface area contributed by atoms with Crippen molar-refractivity contribution in [1.29, 1.82) is 0 Å². The molecule has 0 aliphatic heterocycles. The Morgan fingerprint density at radius 2 is 1.59 bits per heavy atom. The van der Waals surface area contributed by atoms with E-state index in [4.69, 9.17) is 0 Å². The van der Waals surface area contributed by atoms with E-state index in [2.05, 4.69) is 0 Å². The van der Waals surface area contributed by atoms with Crippen molar-refractivity contribution in [2.75, 3.05) is 0 Å². The fraction of sp³-hybridized carbons (Fsp3) is 0.538. The second kappa shape index (κ2) is 4.67. The van der Waals surface area contributed by atoms with Gasteiger partial charge < -0.3 is 0 Å². The average Bonchev–Trinajstić information content (AvgIpc) is 2.27. The maximum Gasteiger partial charge on any atom is 0.419 e. The van der Waals surface area contributed by atoms with Gasteiger partial charge in [0.1, 0.15) is 5.82 Å². The lowest BCUT2D eigenvalue weighted by molar-refractivity contribution is -0.140. The highest BCUT2D eigenvalue weighted by atomic mass is 19.4. The second-order valence-electron chi connectivity index (χ2n) is 4.46. The summed E-state index contributed by atoms with van der Waals surface area (Å²) < 4.78 is 50.9. The molecule has 1 rings (SSSR count). The largest absolute Gasteiger partial charge is 0.419 e. The van der Waals surface area contributed by atoms with E-state index in [0.29, 0.717) is 18.4 Å². The molecule has 0 spiro atoms. The molecule has 0 aromatic heterocycles. The Labute approximate surface area is 98.6 Å². The third-order valence-corrected chi connectivity index (χ3v) is 3.53. The zero-order valence-electron chi connectivity index (χ0n) is 10.2. The van der Waals surface area contributed by atoms with Crippen molar-refractivity contribution in [3.63, 3.8) is 0 Å². The van der Waals surface area contributed by atoms with Crippen LogP contribution in [0.3, 0.4) is 0 Å². The maximum absolute atomic E-state index is 13.1. The highest BCUT2D eigenvalue weighted by molar-refractivity contribution is 5.32. The van der Waals surface area contributed by atoms with Crippen molar-refractivity contribution < 1.29 is 17.6 Å². The molecule has 4 heteroatoms. The summed E-state index contributed by atoms with van der Waals surface area (Å²) in [5.41, 5.74) is -0.979. The van der Waals surface area contributed by atoms with Crippen LogP contribution in [-0.4, -0.2) is 0 Å². The van der Waals surface area contributed by atoms with Gasteiger partial charge in [0.25, 0.3) is 0 Å². The summed E-state index contributed by atoms with van der Waals surface area (Å²) in [5, 5.41) is 0. The van der Waals surface area contributed by atoms with Crippen LogP contribution in [-0.2, 0) is 11.6 Å². The van der Waals surface area contributed by atoms with Gasteiger partial charge in [0.05, 0.1) is 5.56 Å². The van der Waals surface area contributed by atoms with Gasteiger partial charge in [-0.15, -0.1) is 0 Å². The summed E-state index contributed by atoms with van der Waals surface area (Å²) in [6, 6.07) is 3.28. The number of halogens is 4. The Kier molecular flexibility index (Phi) is 3.84. The summed E-state index contributed by atoms with van der Waals surface area (Å²) in [4.78, 5) is 0. The van der Waals surface area contributed by atoms with Crippen LogP contribution in [0.25, 0.3) is 0 Å². The van der Waals surface area contributed by atoms with E-state index in [1.807, 2.05) is 20.8 Å². The summed E-state index contributed by atoms with van der Waals surface area (Å²) in [7, 11) is 0. The zero-order valence-corrected chi connectivity index (χ0v) is 10.2. The molecule has 0 saturated carbocycles. The van der Waals surface area contributed by atoms with Gasteiger partial charge in [0.15, 0.2) is 0 Å². The second-order valence-corrected chi connectivity index (χ2v) is 4.46. The topological polar surface area (TPSA) is 0 Å². The van der Waals surface area contributed by atoms with Gasteiger partial charge in [0.2, 0.25) is 0 Å². The smallest absolute Gasteiger partial charge is 0.206 e. The van der Waals surface area contributed by atoms with E-state index >= 15 is 0 Å². The molecule has 0 N–H and O–H groups in total. The summed E-state index contributed by atoms with van der Waals surface area (Å²) in [6.45, 7) is 5.72. The van der Waals surface area contributed by atoms with Crippen LogP contribution in [0, 0.1) is 5.82 Å². The molecular formula is C13H16F4. The zero-order chi connectivity index (χ0) is 13.3. The molecule has 0 bridgehead atoms. The SMILES string of the molecule is CCC(C)(CC)c1ccc(F)c(C(F)(F)F)c1. The van der Waals surface area contributed by atoms with Crippen molar-refractivity contribution in [2.24, 2.45) is 0 Å². The molecule has 0 saturated heterocycles. The van der Waals surface area contributed by atoms with Crippen LogP contribution >= 0.6 is 0 Å². The normalized spacial score (nSPS) is 12.9. The van der Waals surface area contributed by atoms with Crippen molar-refractivity contribution in [3.05, 3.63) is 35.1 Å². The first kappa shape index (κ1) is 14.0. The van der Waals surface area contributed by atoms with Crippen molar-refractivity contribution in [3.8, 4) is 0 Å². The van der Waals surface area contributed by atoms with Gasteiger partial charge in [-0.2, -0.15) is 13.2 Å². The number of hydrogen-bond donors (Lipinski definition) is 0. The Bertz CT molecular complexity index is 389. The molecule has 0 unspecified atom stereocenters. The summed E-state index contributed by atoms with van der Waals surface area (Å²) in [6.07, 6.45) is -3.21. The Morgan fingerprint density at radius 3 is 2.00 bits per heavy atom. The third-order valence-electron chi connectivity index (χ3n) is 3.53. The first-order chi connectivity index (χ1) is 7.74. The lowest BCUT2D eigenvalue weighted by Crippen LogP contribution is -2.21. The van der Waals surface area contributed by atoms with Crippen LogP contribution < -0.4 is 0 Å². The number of hydrogen-bond acceptors (Lipinski definition) is 0. The van der Waals surface area contributed by atoms with Crippen LogP contribution in [0.4, 0.5) is 17.6 Å². The van der Waals surface area contributed by atoms with Gasteiger partial charge in [-0.1, -0.05) is 26.8 Å². The minimum absolute atomic E-state index is 0.340. The van der Waals surface area contributed by atoms with E-state index in [1.165, 1.54) is 6.07 Å². The van der Waals surface area contributed by atoms with Crippen molar-refractivity contribution in [1.82, 2.24) is 0 Å².